The lowest BCUT2D eigenvalue weighted by Gasteiger charge is -2.32. The van der Waals surface area contributed by atoms with E-state index in [1.807, 2.05) is 48.5 Å². The Morgan fingerprint density at radius 1 is 0.951 bits per heavy atom. The highest BCUT2D eigenvalue weighted by atomic mass is 16.4. The molecule has 41 heavy (non-hydrogen) atoms. The number of carbonyl (C=O) groups is 3. The molecule has 0 spiro atoms. The molecule has 3 aromatic rings. The third-order valence-corrected chi connectivity index (χ3v) is 7.76. The van der Waals surface area contributed by atoms with E-state index in [0.29, 0.717) is 29.1 Å². The molecule has 212 valence electrons. The Bertz CT molecular complexity index is 1490. The van der Waals surface area contributed by atoms with Crippen molar-refractivity contribution < 1.29 is 19.5 Å². The predicted molar refractivity (Wildman–Crippen MR) is 162 cm³/mol. The zero-order valence-electron chi connectivity index (χ0n) is 23.6. The normalized spacial score (nSPS) is 16.6. The first-order chi connectivity index (χ1) is 19.7. The number of amides is 2. The molecule has 0 aliphatic carbocycles. The van der Waals surface area contributed by atoms with Gasteiger partial charge in [-0.05, 0) is 67.1 Å². The van der Waals surface area contributed by atoms with E-state index in [1.165, 1.54) is 12.1 Å². The van der Waals surface area contributed by atoms with Crippen molar-refractivity contribution in [2.24, 2.45) is 0 Å². The van der Waals surface area contributed by atoms with Gasteiger partial charge in [-0.25, -0.2) is 4.79 Å². The van der Waals surface area contributed by atoms with Crippen LogP contribution < -0.4 is 15.5 Å². The lowest BCUT2D eigenvalue weighted by Crippen LogP contribution is -2.48. The first-order valence-corrected chi connectivity index (χ1v) is 13.8. The van der Waals surface area contributed by atoms with Crippen LogP contribution in [-0.4, -0.2) is 79.5 Å². The zero-order valence-corrected chi connectivity index (χ0v) is 23.6. The molecule has 3 aromatic carbocycles. The van der Waals surface area contributed by atoms with Crippen molar-refractivity contribution in [2.45, 2.75) is 13.3 Å². The molecule has 1 saturated heterocycles. The van der Waals surface area contributed by atoms with E-state index in [0.717, 1.165) is 55.1 Å². The lowest BCUT2D eigenvalue weighted by molar-refractivity contribution is -0.119. The van der Waals surface area contributed by atoms with Crippen LogP contribution in [0, 0.1) is 0 Å². The van der Waals surface area contributed by atoms with Crippen molar-refractivity contribution in [3.63, 3.8) is 0 Å². The van der Waals surface area contributed by atoms with Crippen molar-refractivity contribution in [1.82, 2.24) is 9.80 Å². The fourth-order valence-corrected chi connectivity index (χ4v) is 5.09. The number of rotatable bonds is 8. The van der Waals surface area contributed by atoms with Crippen LogP contribution >= 0.6 is 0 Å². The molecule has 0 atom stereocenters. The monoisotopic (exact) mass is 553 g/mol. The van der Waals surface area contributed by atoms with Crippen molar-refractivity contribution in [3.05, 3.63) is 89.0 Å². The number of piperazine rings is 1. The fraction of sp³-hybridized carbons (Fsp3) is 0.281. The van der Waals surface area contributed by atoms with Crippen LogP contribution in [0.1, 0.15) is 34.0 Å². The number of nitrogens with zero attached hydrogens (tertiary/aromatic N) is 3. The number of hydrogen-bond donors (Lipinski definition) is 3. The number of benzene rings is 3. The summed E-state index contributed by atoms with van der Waals surface area (Å²) in [7, 11) is 3.87. The van der Waals surface area contributed by atoms with Crippen LogP contribution in [0.15, 0.2) is 66.7 Å². The molecule has 5 rings (SSSR count). The van der Waals surface area contributed by atoms with Crippen LogP contribution in [0.4, 0.5) is 17.1 Å². The highest BCUT2D eigenvalue weighted by molar-refractivity contribution is 6.37. The van der Waals surface area contributed by atoms with E-state index in [4.69, 9.17) is 0 Å². The molecule has 0 aromatic heterocycles. The van der Waals surface area contributed by atoms with Gasteiger partial charge in [0.1, 0.15) is 0 Å². The number of likely N-dealkylation sites (N-methyl/N-ethyl adjacent to an activating group) is 2. The molecule has 0 bridgehead atoms. The number of fused-ring (bicyclic) bond motifs is 1. The summed E-state index contributed by atoms with van der Waals surface area (Å²) in [4.78, 5) is 44.0. The van der Waals surface area contributed by atoms with Crippen molar-refractivity contribution in [2.75, 3.05) is 62.4 Å². The first kappa shape index (κ1) is 28.1. The molecule has 9 heteroatoms. The van der Waals surface area contributed by atoms with Crippen molar-refractivity contribution in [3.8, 4) is 0 Å². The third-order valence-electron chi connectivity index (χ3n) is 7.76. The molecular formula is C32H35N5O4. The summed E-state index contributed by atoms with van der Waals surface area (Å²) >= 11 is 0. The minimum Gasteiger partial charge on any atom is -0.478 e. The summed E-state index contributed by atoms with van der Waals surface area (Å²) < 4.78 is 0. The lowest BCUT2D eigenvalue weighted by atomic mass is 9.97. The Morgan fingerprint density at radius 3 is 2.24 bits per heavy atom. The summed E-state index contributed by atoms with van der Waals surface area (Å²) in [5.41, 5.74) is 5.60. The quantitative estimate of drug-likeness (QED) is 0.361. The van der Waals surface area contributed by atoms with Gasteiger partial charge in [0.25, 0.3) is 5.91 Å². The second-order valence-corrected chi connectivity index (χ2v) is 10.5. The number of nitrogens with one attached hydrogen (secondary N) is 2. The summed E-state index contributed by atoms with van der Waals surface area (Å²) in [5.74, 6) is -1.34. The molecule has 9 nitrogen and oxygen atoms in total. The van der Waals surface area contributed by atoms with E-state index < -0.39 is 5.97 Å². The maximum absolute atomic E-state index is 13.2. The Morgan fingerprint density at radius 2 is 1.61 bits per heavy atom. The highest BCUT2D eigenvalue weighted by Gasteiger charge is 2.29. The standard InChI is InChI=1S/C32H35N5O4/c1-4-21-5-7-22(8-6-21)30(29-26-19-23(32(40)41)9-14-27(26)34-31(29)39)33-24-10-12-25(13-11-24)36(3)28(38)20-37-17-15-35(2)16-18-37/h5-14,19,33H,4,15-18,20H2,1-3H3,(H,34,39)(H,40,41)/b30-29-. The molecule has 3 N–H and O–H groups in total. The number of carboxylic acids is 1. The zero-order chi connectivity index (χ0) is 29.1. The largest absolute Gasteiger partial charge is 0.478 e. The minimum absolute atomic E-state index is 0.0301. The maximum Gasteiger partial charge on any atom is 0.335 e. The van der Waals surface area contributed by atoms with E-state index in [-0.39, 0.29) is 17.4 Å². The summed E-state index contributed by atoms with van der Waals surface area (Å²) in [6.45, 7) is 6.11. The molecule has 0 radical (unpaired) electrons. The third kappa shape index (κ3) is 6.16. The Hall–Kier alpha value is -4.47. The molecule has 0 saturated carbocycles. The number of carboxylic acid groups (broad SMARTS) is 1. The van der Waals surface area contributed by atoms with Crippen LogP contribution in [0.2, 0.25) is 0 Å². The van der Waals surface area contributed by atoms with Crippen LogP contribution in [0.25, 0.3) is 11.3 Å². The molecule has 2 amide bonds. The van der Waals surface area contributed by atoms with Gasteiger partial charge in [-0.2, -0.15) is 0 Å². The van der Waals surface area contributed by atoms with Gasteiger partial charge in [0.2, 0.25) is 5.91 Å². The van der Waals surface area contributed by atoms with Crippen molar-refractivity contribution >= 4 is 46.1 Å². The van der Waals surface area contributed by atoms with Gasteiger partial charge in [-0.1, -0.05) is 31.2 Å². The molecule has 1 fully saturated rings. The van der Waals surface area contributed by atoms with Crippen LogP contribution in [0.5, 0.6) is 0 Å². The molecule has 2 aliphatic heterocycles. The predicted octanol–water partition coefficient (Wildman–Crippen LogP) is 4.09. The molecule has 2 aliphatic rings. The topological polar surface area (TPSA) is 105 Å². The molecular weight excluding hydrogens is 518 g/mol. The SMILES string of the molecule is CCc1ccc(/C(Nc2ccc(N(C)C(=O)CN3CCN(C)CC3)cc2)=C2/C(=O)Nc3ccc(C(=O)O)cc32)cc1. The summed E-state index contributed by atoms with van der Waals surface area (Å²) in [6, 6.07) is 20.1. The summed E-state index contributed by atoms with van der Waals surface area (Å²) in [6.07, 6.45) is 0.882. The van der Waals surface area contributed by atoms with Gasteiger partial charge >= 0.3 is 5.97 Å². The minimum atomic E-state index is -1.06. The average Bonchev–Trinajstić information content (AvgIpc) is 3.31. The van der Waals surface area contributed by atoms with Gasteiger partial charge in [0.15, 0.2) is 0 Å². The van der Waals surface area contributed by atoms with Crippen LogP contribution in [0.3, 0.4) is 0 Å². The molecule has 0 unspecified atom stereocenters. The number of aryl methyl sites for hydroxylation is 1. The van der Waals surface area contributed by atoms with Gasteiger partial charge in [0.05, 0.1) is 23.4 Å². The van der Waals surface area contributed by atoms with E-state index >= 15 is 0 Å². The Kier molecular flexibility index (Phi) is 8.19. The fourth-order valence-electron chi connectivity index (χ4n) is 5.09. The number of aromatic carboxylic acids is 1. The van der Waals surface area contributed by atoms with E-state index in [2.05, 4.69) is 34.4 Å². The second kappa shape index (κ2) is 12.0. The average molecular weight is 554 g/mol. The van der Waals surface area contributed by atoms with Gasteiger partial charge in [-0.15, -0.1) is 0 Å². The first-order valence-electron chi connectivity index (χ1n) is 13.8. The van der Waals surface area contributed by atoms with E-state index in [1.54, 1.807) is 18.0 Å². The molecule has 2 heterocycles. The van der Waals surface area contributed by atoms with Gasteiger partial charge in [0, 0.05) is 55.9 Å². The number of carbonyl (C=O) groups excluding carboxylic acids is 2. The Labute approximate surface area is 240 Å². The highest BCUT2D eigenvalue weighted by Crippen LogP contribution is 2.38. The maximum atomic E-state index is 13.2. The van der Waals surface area contributed by atoms with Gasteiger partial charge in [-0.3, -0.25) is 14.5 Å². The Balaban J connectivity index is 1.43. The smallest absolute Gasteiger partial charge is 0.335 e. The van der Waals surface area contributed by atoms with E-state index in [9.17, 15) is 19.5 Å². The van der Waals surface area contributed by atoms with Crippen molar-refractivity contribution in [1.29, 1.82) is 0 Å². The van der Waals surface area contributed by atoms with Gasteiger partial charge < -0.3 is 25.5 Å². The van der Waals surface area contributed by atoms with Crippen LogP contribution in [-0.2, 0) is 16.0 Å². The second-order valence-electron chi connectivity index (χ2n) is 10.5. The number of hydrogen-bond acceptors (Lipinski definition) is 6. The number of anilines is 3. The summed E-state index contributed by atoms with van der Waals surface area (Å²) in [5, 5.41) is 15.8.